The molecule has 1 saturated heterocycles. The van der Waals surface area contributed by atoms with E-state index in [1.54, 1.807) is 0 Å². The average molecular weight is 354 g/mol. The van der Waals surface area contributed by atoms with Gasteiger partial charge in [0.25, 0.3) is 0 Å². The Hall–Kier alpha value is 0.510. The largest absolute Gasteiger partial charge is 1.00 e. The second-order valence-corrected chi connectivity index (χ2v) is 8.67. The lowest BCUT2D eigenvalue weighted by atomic mass is 9.94. The third-order valence-electron chi connectivity index (χ3n) is 3.30. The molecule has 11 heteroatoms. The first kappa shape index (κ1) is 20.5. The first-order chi connectivity index (χ1) is 8.39. The molecule has 0 bridgehead atoms. The summed E-state index contributed by atoms with van der Waals surface area (Å²) < 4.78 is 27.0. The van der Waals surface area contributed by atoms with Gasteiger partial charge in [-0.3, -0.25) is 9.09 Å². The van der Waals surface area contributed by atoms with Gasteiger partial charge >= 0.3 is 15.4 Å². The van der Waals surface area contributed by atoms with Crippen LogP contribution in [0, 0.1) is 5.92 Å². The van der Waals surface area contributed by atoms with Crippen LogP contribution in [0.2, 0.25) is 0 Å². The molecule has 0 aromatic rings. The average Bonchev–Trinajstić information content (AvgIpc) is 2.11. The van der Waals surface area contributed by atoms with E-state index >= 15 is 0 Å². The van der Waals surface area contributed by atoms with Crippen LogP contribution in [-0.2, 0) is 13.7 Å². The second-order valence-electron chi connectivity index (χ2n) is 5.73. The number of halogens is 1. The fourth-order valence-electron chi connectivity index (χ4n) is 2.57. The Morgan fingerprint density at radius 2 is 1.80 bits per heavy atom. The summed E-state index contributed by atoms with van der Waals surface area (Å²) in [5.41, 5.74) is 0. The van der Waals surface area contributed by atoms with Gasteiger partial charge in [-0.25, -0.2) is 4.57 Å². The maximum Gasteiger partial charge on any atom is 0.470 e. The van der Waals surface area contributed by atoms with Gasteiger partial charge in [0.1, 0.15) is 0 Å². The lowest BCUT2D eigenvalue weighted by Gasteiger charge is -2.39. The summed E-state index contributed by atoms with van der Waals surface area (Å²) in [5, 5.41) is 0. The molecule has 8 nitrogen and oxygen atoms in total. The number of likely N-dealkylation sites (tertiary alicyclic amines) is 1. The normalized spacial score (nSPS) is 24.8. The molecular formula is C9H22ClNO7P2. The van der Waals surface area contributed by atoms with E-state index in [0.29, 0.717) is 6.54 Å². The summed E-state index contributed by atoms with van der Waals surface area (Å²) in [4.78, 5) is 35.7. The molecule has 0 aromatic heterocycles. The minimum absolute atomic E-state index is 0. The van der Waals surface area contributed by atoms with E-state index in [2.05, 4.69) is 4.52 Å². The summed E-state index contributed by atoms with van der Waals surface area (Å²) in [6, 6.07) is 0. The molecular weight excluding hydrogens is 332 g/mol. The Bertz CT molecular complexity index is 407. The maximum absolute atomic E-state index is 11.3. The molecule has 1 fully saturated rings. The zero-order valence-corrected chi connectivity index (χ0v) is 14.0. The minimum Gasteiger partial charge on any atom is -1.00 e. The number of nitrogens with zero attached hydrogens (tertiary/aromatic N) is 1. The highest BCUT2D eigenvalue weighted by molar-refractivity contribution is 7.53. The van der Waals surface area contributed by atoms with Gasteiger partial charge in [-0.2, -0.15) is 0 Å². The van der Waals surface area contributed by atoms with Crippen LogP contribution in [-0.4, -0.2) is 57.1 Å². The topological polar surface area (TPSA) is 124 Å². The van der Waals surface area contributed by atoms with Crippen LogP contribution in [0.3, 0.4) is 0 Å². The second kappa shape index (κ2) is 7.18. The molecule has 2 unspecified atom stereocenters. The SMILES string of the molecule is C[N+]1(C)CCCC(CC(OP(=O)(O)O)P(=O)(O)O)C1.[Cl-]. The molecule has 0 radical (unpaired) electrons. The Labute approximate surface area is 124 Å². The van der Waals surface area contributed by atoms with Crippen molar-refractivity contribution < 1.29 is 50.1 Å². The summed E-state index contributed by atoms with van der Waals surface area (Å²) in [7, 11) is -5.58. The summed E-state index contributed by atoms with van der Waals surface area (Å²) in [5.74, 6) is -1.76. The highest BCUT2D eigenvalue weighted by Crippen LogP contribution is 2.52. The van der Waals surface area contributed by atoms with Crippen molar-refractivity contribution in [2.45, 2.75) is 25.1 Å². The van der Waals surface area contributed by atoms with Crippen molar-refractivity contribution in [1.29, 1.82) is 0 Å². The Morgan fingerprint density at radius 3 is 2.20 bits per heavy atom. The standard InChI is InChI=1S/C9H21NO7P2.ClH/c1-10(2)5-3-4-8(7-10)6-9(18(11,12)13)17-19(14,15)16;/h8-9H,3-7H2,1-2H3,(H3-,11,12,13,14,15,16);1H. The third-order valence-corrected chi connectivity index (χ3v) is 5.06. The third kappa shape index (κ3) is 7.50. The lowest BCUT2D eigenvalue weighted by Crippen LogP contribution is -3.00. The monoisotopic (exact) mass is 353 g/mol. The molecule has 0 saturated carbocycles. The van der Waals surface area contributed by atoms with E-state index in [0.717, 1.165) is 23.9 Å². The first-order valence-corrected chi connectivity index (χ1v) is 9.21. The van der Waals surface area contributed by atoms with E-state index in [1.807, 2.05) is 14.1 Å². The summed E-state index contributed by atoms with van der Waals surface area (Å²) in [6.07, 6.45) is 1.65. The van der Waals surface area contributed by atoms with Crippen molar-refractivity contribution >= 4 is 15.4 Å². The van der Waals surface area contributed by atoms with Crippen molar-refractivity contribution in [2.75, 3.05) is 27.2 Å². The maximum atomic E-state index is 11.3. The Balaban J connectivity index is 0.00000361. The predicted octanol–water partition coefficient (Wildman–Crippen LogP) is -2.52. The number of quaternary nitrogens is 1. The van der Waals surface area contributed by atoms with Crippen LogP contribution in [0.25, 0.3) is 0 Å². The van der Waals surface area contributed by atoms with E-state index in [-0.39, 0.29) is 24.7 Å². The molecule has 1 aliphatic heterocycles. The van der Waals surface area contributed by atoms with Gasteiger partial charge < -0.3 is 36.5 Å². The fourth-order valence-corrected chi connectivity index (χ4v) is 4.40. The number of phosphoric acid groups is 1. The molecule has 0 amide bonds. The van der Waals surface area contributed by atoms with E-state index in [9.17, 15) is 9.13 Å². The molecule has 1 aliphatic rings. The van der Waals surface area contributed by atoms with Crippen LogP contribution >= 0.6 is 15.4 Å². The molecule has 4 N–H and O–H groups in total. The first-order valence-electron chi connectivity index (χ1n) is 6.00. The molecule has 0 aromatic carbocycles. The Morgan fingerprint density at radius 1 is 1.25 bits per heavy atom. The van der Waals surface area contributed by atoms with E-state index in [1.165, 1.54) is 0 Å². The number of piperidine rings is 1. The quantitative estimate of drug-likeness (QED) is 0.317. The molecule has 2 atom stereocenters. The van der Waals surface area contributed by atoms with Crippen LogP contribution in [0.4, 0.5) is 0 Å². The van der Waals surface area contributed by atoms with Gasteiger partial charge in [-0.1, -0.05) is 0 Å². The minimum atomic E-state index is -4.92. The van der Waals surface area contributed by atoms with Crippen LogP contribution in [0.1, 0.15) is 19.3 Å². The lowest BCUT2D eigenvalue weighted by molar-refractivity contribution is -0.898. The molecule has 0 spiro atoms. The van der Waals surface area contributed by atoms with Crippen molar-refractivity contribution in [3.05, 3.63) is 0 Å². The smallest absolute Gasteiger partial charge is 0.470 e. The molecule has 1 heterocycles. The van der Waals surface area contributed by atoms with E-state index in [4.69, 9.17) is 19.6 Å². The zero-order chi connectivity index (χ0) is 14.9. The predicted molar refractivity (Wildman–Crippen MR) is 68.1 cm³/mol. The molecule has 0 aliphatic carbocycles. The van der Waals surface area contributed by atoms with Crippen molar-refractivity contribution in [2.24, 2.45) is 5.92 Å². The fraction of sp³-hybridized carbons (Fsp3) is 1.00. The summed E-state index contributed by atoms with van der Waals surface area (Å²) in [6.45, 7) is 1.69. The van der Waals surface area contributed by atoms with Gasteiger partial charge in [-0.05, 0) is 19.3 Å². The van der Waals surface area contributed by atoms with Gasteiger partial charge in [0.05, 0.1) is 27.2 Å². The zero-order valence-electron chi connectivity index (χ0n) is 11.4. The van der Waals surface area contributed by atoms with Gasteiger partial charge in [-0.15, -0.1) is 0 Å². The van der Waals surface area contributed by atoms with Gasteiger partial charge in [0, 0.05) is 5.92 Å². The van der Waals surface area contributed by atoms with Gasteiger partial charge in [0.2, 0.25) is 0 Å². The molecule has 1 rings (SSSR count). The number of hydrogen-bond acceptors (Lipinski definition) is 3. The molecule has 20 heavy (non-hydrogen) atoms. The van der Waals surface area contributed by atoms with Crippen molar-refractivity contribution in [3.8, 4) is 0 Å². The van der Waals surface area contributed by atoms with Gasteiger partial charge in [0.15, 0.2) is 5.85 Å². The van der Waals surface area contributed by atoms with Crippen molar-refractivity contribution in [1.82, 2.24) is 0 Å². The van der Waals surface area contributed by atoms with Crippen LogP contribution in [0.15, 0.2) is 0 Å². The number of hydrogen-bond donors (Lipinski definition) is 4. The van der Waals surface area contributed by atoms with Crippen LogP contribution in [0.5, 0.6) is 0 Å². The number of rotatable bonds is 5. The molecule has 122 valence electrons. The number of phosphoric ester groups is 1. The Kier molecular flexibility index (Phi) is 7.36. The summed E-state index contributed by atoms with van der Waals surface area (Å²) >= 11 is 0. The van der Waals surface area contributed by atoms with Crippen LogP contribution < -0.4 is 12.4 Å². The van der Waals surface area contributed by atoms with Crippen molar-refractivity contribution in [3.63, 3.8) is 0 Å². The highest BCUT2D eigenvalue weighted by Gasteiger charge is 2.39. The van der Waals surface area contributed by atoms with E-state index < -0.39 is 21.3 Å². The highest BCUT2D eigenvalue weighted by atomic mass is 35.5.